The molecule has 1 heterocycles. The molecule has 4 aromatic rings. The van der Waals surface area contributed by atoms with Crippen LogP contribution in [0.15, 0.2) is 83.7 Å². The molecule has 0 radical (unpaired) electrons. The molecule has 6 heteroatoms. The fraction of sp³-hybridized carbons (Fsp3) is 0.0909. The van der Waals surface area contributed by atoms with E-state index in [1.165, 1.54) is 16.7 Å². The molecule has 3 aromatic carbocycles. The van der Waals surface area contributed by atoms with Gasteiger partial charge in [-0.15, -0.1) is 0 Å². The monoisotopic (exact) mass is 375 g/mol. The summed E-state index contributed by atoms with van der Waals surface area (Å²) in [5.41, 5.74) is 2.63. The van der Waals surface area contributed by atoms with Gasteiger partial charge in [0.1, 0.15) is 12.4 Å². The first-order valence-corrected chi connectivity index (χ1v) is 8.89. The Kier molecular flexibility index (Phi) is 4.76. The number of aromatic amines is 1. The molecule has 0 fully saturated rings. The van der Waals surface area contributed by atoms with E-state index in [1.54, 1.807) is 24.3 Å². The number of carbonyl (C=O) groups is 1. The van der Waals surface area contributed by atoms with Crippen LogP contribution in [0.25, 0.3) is 11.0 Å². The number of benzene rings is 3. The minimum Gasteiger partial charge on any atom is -0.344 e. The Morgan fingerprint density at radius 3 is 2.32 bits per heavy atom. The number of nitrogens with one attached hydrogen (secondary N) is 2. The van der Waals surface area contributed by atoms with Crippen molar-refractivity contribution < 1.29 is 9.18 Å². The van der Waals surface area contributed by atoms with Gasteiger partial charge in [-0.05, 0) is 35.4 Å². The summed E-state index contributed by atoms with van der Waals surface area (Å²) in [6.45, 7) is -0.118. The number of halogens is 1. The standard InChI is InChI=1S/C22H18FN3O2/c23-17-12-10-16(11-13-17)21(15-6-2-1-3-7-15)25-20(27)14-26-19-9-5-4-8-18(19)24-22(26)28/h1-13,21H,14H2,(H,24,28)(H,25,27). The highest BCUT2D eigenvalue weighted by Crippen LogP contribution is 2.22. The number of amides is 1. The van der Waals surface area contributed by atoms with E-state index >= 15 is 0 Å². The van der Waals surface area contributed by atoms with Gasteiger partial charge >= 0.3 is 5.69 Å². The molecule has 0 spiro atoms. The highest BCUT2D eigenvalue weighted by Gasteiger charge is 2.18. The maximum atomic E-state index is 13.3. The Bertz CT molecular complexity index is 1160. The van der Waals surface area contributed by atoms with Gasteiger partial charge in [0.2, 0.25) is 5.91 Å². The molecular weight excluding hydrogens is 357 g/mol. The molecule has 4 rings (SSSR count). The van der Waals surface area contributed by atoms with Gasteiger partial charge in [0.15, 0.2) is 0 Å². The Morgan fingerprint density at radius 2 is 1.57 bits per heavy atom. The maximum absolute atomic E-state index is 13.3. The second-order valence-electron chi connectivity index (χ2n) is 6.50. The summed E-state index contributed by atoms with van der Waals surface area (Å²) in [6.07, 6.45) is 0. The first-order valence-electron chi connectivity index (χ1n) is 8.89. The van der Waals surface area contributed by atoms with Gasteiger partial charge in [-0.2, -0.15) is 0 Å². The minimum absolute atomic E-state index is 0.118. The average Bonchev–Trinajstić information content (AvgIpc) is 3.03. The molecule has 0 saturated carbocycles. The van der Waals surface area contributed by atoms with Crippen LogP contribution in [-0.2, 0) is 11.3 Å². The van der Waals surface area contributed by atoms with Crippen molar-refractivity contribution in [3.8, 4) is 0 Å². The van der Waals surface area contributed by atoms with Crippen molar-refractivity contribution in [1.29, 1.82) is 0 Å². The third-order valence-electron chi connectivity index (χ3n) is 4.62. The summed E-state index contributed by atoms with van der Waals surface area (Å²) in [4.78, 5) is 27.7. The van der Waals surface area contributed by atoms with E-state index in [9.17, 15) is 14.0 Å². The van der Waals surface area contributed by atoms with Crippen molar-refractivity contribution in [3.05, 3.63) is 106 Å². The van der Waals surface area contributed by atoms with E-state index in [1.807, 2.05) is 42.5 Å². The fourth-order valence-electron chi connectivity index (χ4n) is 3.27. The Labute approximate surface area is 160 Å². The van der Waals surface area contributed by atoms with Crippen LogP contribution in [0.2, 0.25) is 0 Å². The summed E-state index contributed by atoms with van der Waals surface area (Å²) in [7, 11) is 0. The number of hydrogen-bond donors (Lipinski definition) is 2. The lowest BCUT2D eigenvalue weighted by atomic mass is 9.98. The molecule has 2 N–H and O–H groups in total. The first kappa shape index (κ1) is 17.7. The fourth-order valence-corrected chi connectivity index (χ4v) is 3.27. The number of nitrogens with zero attached hydrogens (tertiary/aromatic N) is 1. The summed E-state index contributed by atoms with van der Waals surface area (Å²) in [5.74, 6) is -0.655. The van der Waals surface area contributed by atoms with Crippen molar-refractivity contribution >= 4 is 16.9 Å². The topological polar surface area (TPSA) is 66.9 Å². The Hall–Kier alpha value is -3.67. The van der Waals surface area contributed by atoms with Crippen molar-refractivity contribution in [2.24, 2.45) is 0 Å². The van der Waals surface area contributed by atoms with Crippen LogP contribution < -0.4 is 11.0 Å². The number of aromatic nitrogens is 2. The number of fused-ring (bicyclic) bond motifs is 1. The highest BCUT2D eigenvalue weighted by molar-refractivity contribution is 5.81. The van der Waals surface area contributed by atoms with Gasteiger partial charge < -0.3 is 10.3 Å². The van der Waals surface area contributed by atoms with Crippen molar-refractivity contribution in [3.63, 3.8) is 0 Å². The normalized spacial score (nSPS) is 12.0. The van der Waals surface area contributed by atoms with E-state index in [0.717, 1.165) is 11.1 Å². The average molecular weight is 375 g/mol. The molecule has 0 bridgehead atoms. The highest BCUT2D eigenvalue weighted by atomic mass is 19.1. The molecule has 28 heavy (non-hydrogen) atoms. The van der Waals surface area contributed by atoms with Gasteiger partial charge in [0, 0.05) is 0 Å². The molecule has 0 aliphatic heterocycles. The molecule has 1 aromatic heterocycles. The predicted molar refractivity (Wildman–Crippen MR) is 105 cm³/mol. The summed E-state index contributed by atoms with van der Waals surface area (Å²) in [5, 5.41) is 2.96. The van der Waals surface area contributed by atoms with Crippen LogP contribution in [0.1, 0.15) is 17.2 Å². The molecule has 0 saturated heterocycles. The zero-order valence-corrected chi connectivity index (χ0v) is 14.9. The summed E-state index contributed by atoms with van der Waals surface area (Å²) >= 11 is 0. The molecule has 0 aliphatic rings. The smallest absolute Gasteiger partial charge is 0.326 e. The molecular formula is C22H18FN3O2. The van der Waals surface area contributed by atoms with Gasteiger partial charge in [-0.3, -0.25) is 9.36 Å². The molecule has 1 amide bonds. The maximum Gasteiger partial charge on any atom is 0.326 e. The van der Waals surface area contributed by atoms with E-state index in [2.05, 4.69) is 10.3 Å². The molecule has 140 valence electrons. The number of rotatable bonds is 5. The largest absolute Gasteiger partial charge is 0.344 e. The molecule has 1 atom stereocenters. The summed E-state index contributed by atoms with van der Waals surface area (Å²) in [6, 6.07) is 22.2. The van der Waals surface area contributed by atoms with Crippen LogP contribution in [0.4, 0.5) is 4.39 Å². The van der Waals surface area contributed by atoms with Crippen molar-refractivity contribution in [1.82, 2.24) is 14.9 Å². The number of H-pyrrole nitrogens is 1. The second-order valence-corrected chi connectivity index (χ2v) is 6.50. The van der Waals surface area contributed by atoms with Gasteiger partial charge in [0.05, 0.1) is 17.1 Å². The molecule has 1 unspecified atom stereocenters. The van der Waals surface area contributed by atoms with Crippen LogP contribution in [0.3, 0.4) is 0 Å². The van der Waals surface area contributed by atoms with Crippen molar-refractivity contribution in [2.75, 3.05) is 0 Å². The minimum atomic E-state index is -0.449. The zero-order chi connectivity index (χ0) is 19.5. The third-order valence-corrected chi connectivity index (χ3v) is 4.62. The van der Waals surface area contributed by atoms with Crippen LogP contribution >= 0.6 is 0 Å². The SMILES string of the molecule is O=C(Cn1c(=O)[nH]c2ccccc21)NC(c1ccccc1)c1ccc(F)cc1. The van der Waals surface area contributed by atoms with Crippen molar-refractivity contribution in [2.45, 2.75) is 12.6 Å². The number of carbonyl (C=O) groups excluding carboxylic acids is 1. The van der Waals surface area contributed by atoms with Gasteiger partial charge in [0.25, 0.3) is 0 Å². The van der Waals surface area contributed by atoms with E-state index < -0.39 is 6.04 Å². The Morgan fingerprint density at radius 1 is 0.929 bits per heavy atom. The van der Waals surface area contributed by atoms with Crippen LogP contribution in [0.5, 0.6) is 0 Å². The third kappa shape index (κ3) is 3.57. The van der Waals surface area contributed by atoms with Gasteiger partial charge in [-0.25, -0.2) is 9.18 Å². The number of hydrogen-bond acceptors (Lipinski definition) is 2. The van der Waals surface area contributed by atoms with E-state index in [4.69, 9.17) is 0 Å². The molecule has 0 aliphatic carbocycles. The first-order chi connectivity index (χ1) is 13.6. The lowest BCUT2D eigenvalue weighted by Gasteiger charge is -2.20. The zero-order valence-electron chi connectivity index (χ0n) is 14.9. The Balaban J connectivity index is 1.63. The van der Waals surface area contributed by atoms with E-state index in [0.29, 0.717) is 11.0 Å². The summed E-state index contributed by atoms with van der Waals surface area (Å²) < 4.78 is 14.7. The number of imidazole rings is 1. The van der Waals surface area contributed by atoms with E-state index in [-0.39, 0.29) is 24.0 Å². The predicted octanol–water partition coefficient (Wildman–Crippen LogP) is 3.37. The lowest BCUT2D eigenvalue weighted by molar-refractivity contribution is -0.122. The second kappa shape index (κ2) is 7.52. The van der Waals surface area contributed by atoms with Crippen LogP contribution in [0, 0.1) is 5.82 Å². The lowest BCUT2D eigenvalue weighted by Crippen LogP contribution is -2.34. The quantitative estimate of drug-likeness (QED) is 0.562. The number of para-hydroxylation sites is 2. The van der Waals surface area contributed by atoms with Gasteiger partial charge in [-0.1, -0.05) is 54.6 Å². The molecule has 5 nitrogen and oxygen atoms in total. The van der Waals surface area contributed by atoms with Crippen LogP contribution in [-0.4, -0.2) is 15.5 Å².